The van der Waals surface area contributed by atoms with Gasteiger partial charge < -0.3 is 15.5 Å². The van der Waals surface area contributed by atoms with E-state index in [4.69, 9.17) is 0 Å². The van der Waals surface area contributed by atoms with E-state index in [1.54, 1.807) is 11.3 Å². The van der Waals surface area contributed by atoms with Crippen LogP contribution in [0, 0.1) is 0 Å². The third-order valence-corrected chi connectivity index (χ3v) is 4.85. The molecule has 0 atom stereocenters. The zero-order valence-electron chi connectivity index (χ0n) is 12.1. The number of thiophene rings is 1. The number of likely N-dealkylation sites (N-methyl/N-ethyl adjacent to an activating group) is 1. The first-order valence-corrected chi connectivity index (χ1v) is 7.81. The second kappa shape index (κ2) is 9.42. The fourth-order valence-electron chi connectivity index (χ4n) is 1.56. The number of fused-ring (bicyclic) bond motifs is 1. The van der Waals surface area contributed by atoms with Gasteiger partial charge in [-0.3, -0.25) is 4.79 Å². The Kier molecular flexibility index (Phi) is 9.15. The lowest BCUT2D eigenvalue weighted by Crippen LogP contribution is -2.31. The molecule has 0 fully saturated rings. The standard InChI is InChI=1S/C12H18N4OS2.2ClH/c1-4-13-5-6-14-10(17)8-7-9-11(18-8)15-12(19-9)16(2)3;;/h7,13H,4-6H2,1-3H3,(H,14,17);2*1H. The predicted octanol–water partition coefficient (Wildman–Crippen LogP) is 2.61. The molecule has 2 rings (SSSR count). The molecule has 0 saturated heterocycles. The summed E-state index contributed by atoms with van der Waals surface area (Å²) in [6.07, 6.45) is 0. The molecule has 2 N–H and O–H groups in total. The van der Waals surface area contributed by atoms with E-state index in [1.807, 2.05) is 32.0 Å². The Bertz CT molecular complexity index is 539. The van der Waals surface area contributed by atoms with Gasteiger partial charge in [0.2, 0.25) is 0 Å². The number of carbonyl (C=O) groups excluding carboxylic acids is 1. The number of thiazole rings is 1. The first-order valence-electron chi connectivity index (χ1n) is 6.18. The molecule has 2 aromatic rings. The quantitative estimate of drug-likeness (QED) is 0.767. The van der Waals surface area contributed by atoms with Gasteiger partial charge in [0.05, 0.1) is 9.58 Å². The predicted molar refractivity (Wildman–Crippen MR) is 97.2 cm³/mol. The largest absolute Gasteiger partial charge is 0.354 e. The highest BCUT2D eigenvalue weighted by Crippen LogP contribution is 2.33. The molecule has 0 saturated carbocycles. The van der Waals surface area contributed by atoms with Crippen molar-refractivity contribution in [3.05, 3.63) is 10.9 Å². The molecule has 2 aromatic heterocycles. The Labute approximate surface area is 144 Å². The van der Waals surface area contributed by atoms with E-state index in [2.05, 4.69) is 15.6 Å². The summed E-state index contributed by atoms with van der Waals surface area (Å²) in [6, 6.07) is 1.92. The molecule has 1 amide bonds. The molecule has 0 bridgehead atoms. The number of nitrogens with zero attached hydrogens (tertiary/aromatic N) is 2. The smallest absolute Gasteiger partial charge is 0.261 e. The third kappa shape index (κ3) is 5.27. The van der Waals surface area contributed by atoms with E-state index < -0.39 is 0 Å². The maximum atomic E-state index is 11.9. The first kappa shape index (κ1) is 20.4. The Balaban J connectivity index is 0.00000200. The summed E-state index contributed by atoms with van der Waals surface area (Å²) in [5.74, 6) is -0.0143. The Hall–Kier alpha value is -0.600. The van der Waals surface area contributed by atoms with E-state index in [9.17, 15) is 4.79 Å². The van der Waals surface area contributed by atoms with Crippen LogP contribution in [-0.4, -0.2) is 44.6 Å². The highest BCUT2D eigenvalue weighted by atomic mass is 35.5. The molecule has 0 aliphatic rings. The summed E-state index contributed by atoms with van der Waals surface area (Å²) in [4.78, 5) is 20.1. The van der Waals surface area contributed by atoms with Gasteiger partial charge in [0.15, 0.2) is 5.13 Å². The number of carbonyl (C=O) groups is 1. The molecular formula is C12H20Cl2N4OS2. The van der Waals surface area contributed by atoms with Crippen molar-refractivity contribution in [2.45, 2.75) is 6.92 Å². The third-order valence-electron chi connectivity index (χ3n) is 2.52. The highest BCUT2D eigenvalue weighted by molar-refractivity contribution is 7.29. The zero-order valence-corrected chi connectivity index (χ0v) is 15.4. The van der Waals surface area contributed by atoms with Gasteiger partial charge in [0.25, 0.3) is 5.91 Å². The maximum absolute atomic E-state index is 11.9. The molecule has 0 radical (unpaired) electrons. The van der Waals surface area contributed by atoms with Gasteiger partial charge in [-0.2, -0.15) is 0 Å². The van der Waals surface area contributed by atoms with Crippen LogP contribution in [0.5, 0.6) is 0 Å². The summed E-state index contributed by atoms with van der Waals surface area (Å²) in [6.45, 7) is 4.41. The van der Waals surface area contributed by atoms with Crippen LogP contribution in [-0.2, 0) is 0 Å². The van der Waals surface area contributed by atoms with Gasteiger partial charge in [0, 0.05) is 27.2 Å². The van der Waals surface area contributed by atoms with Crippen LogP contribution in [0.15, 0.2) is 6.07 Å². The molecule has 120 valence electrons. The van der Waals surface area contributed by atoms with Crippen molar-refractivity contribution in [3.8, 4) is 0 Å². The van der Waals surface area contributed by atoms with Crippen molar-refractivity contribution >= 4 is 68.1 Å². The fourth-order valence-corrected chi connectivity index (χ4v) is 3.61. The number of rotatable bonds is 6. The average Bonchev–Trinajstić information content (AvgIpc) is 2.92. The summed E-state index contributed by atoms with van der Waals surface area (Å²) in [5, 5.41) is 7.04. The molecule has 0 unspecified atom stereocenters. The Morgan fingerprint density at radius 2 is 2.00 bits per heavy atom. The molecule has 0 aliphatic heterocycles. The molecule has 9 heteroatoms. The number of aromatic nitrogens is 1. The van der Waals surface area contributed by atoms with E-state index in [0.717, 1.165) is 32.6 Å². The number of halogens is 2. The molecule has 0 spiro atoms. The minimum absolute atomic E-state index is 0. The van der Waals surface area contributed by atoms with Crippen molar-refractivity contribution in [3.63, 3.8) is 0 Å². The van der Waals surface area contributed by atoms with Crippen molar-refractivity contribution < 1.29 is 4.79 Å². The van der Waals surface area contributed by atoms with E-state index >= 15 is 0 Å². The van der Waals surface area contributed by atoms with E-state index in [1.165, 1.54) is 11.3 Å². The van der Waals surface area contributed by atoms with Gasteiger partial charge in [-0.25, -0.2) is 4.98 Å². The van der Waals surface area contributed by atoms with Crippen LogP contribution < -0.4 is 15.5 Å². The minimum Gasteiger partial charge on any atom is -0.354 e. The lowest BCUT2D eigenvalue weighted by atomic mass is 10.4. The zero-order chi connectivity index (χ0) is 13.8. The maximum Gasteiger partial charge on any atom is 0.261 e. The average molecular weight is 371 g/mol. The lowest BCUT2D eigenvalue weighted by Gasteiger charge is -2.05. The SMILES string of the molecule is CCNCCNC(=O)c1cc2sc(N(C)C)nc2s1.Cl.Cl. The molecule has 0 aromatic carbocycles. The Morgan fingerprint density at radius 1 is 1.29 bits per heavy atom. The van der Waals surface area contributed by atoms with Crippen LogP contribution in [0.1, 0.15) is 16.6 Å². The van der Waals surface area contributed by atoms with E-state index in [0.29, 0.717) is 6.54 Å². The summed E-state index contributed by atoms with van der Waals surface area (Å²) in [7, 11) is 3.94. The second-order valence-corrected chi connectivity index (χ2v) is 6.32. The van der Waals surface area contributed by atoms with Crippen LogP contribution in [0.2, 0.25) is 0 Å². The van der Waals surface area contributed by atoms with Gasteiger partial charge in [-0.1, -0.05) is 18.3 Å². The highest BCUT2D eigenvalue weighted by Gasteiger charge is 2.14. The summed E-state index contributed by atoms with van der Waals surface area (Å²) in [5.41, 5.74) is 0. The van der Waals surface area contributed by atoms with Crippen molar-refractivity contribution in [2.75, 3.05) is 38.6 Å². The van der Waals surface area contributed by atoms with Crippen molar-refractivity contribution in [1.29, 1.82) is 0 Å². The van der Waals surface area contributed by atoms with Crippen LogP contribution in [0.25, 0.3) is 9.53 Å². The number of hydrogen-bond acceptors (Lipinski definition) is 6. The molecule has 2 heterocycles. The number of anilines is 1. The normalized spacial score (nSPS) is 9.86. The number of nitrogens with one attached hydrogen (secondary N) is 2. The van der Waals surface area contributed by atoms with Gasteiger partial charge in [-0.05, 0) is 12.6 Å². The number of amides is 1. The molecule has 0 aliphatic carbocycles. The van der Waals surface area contributed by atoms with Gasteiger partial charge in [0.1, 0.15) is 4.83 Å². The minimum atomic E-state index is -0.0143. The van der Waals surface area contributed by atoms with Crippen LogP contribution in [0.4, 0.5) is 5.13 Å². The van der Waals surface area contributed by atoms with Crippen LogP contribution in [0.3, 0.4) is 0 Å². The topological polar surface area (TPSA) is 57.3 Å². The van der Waals surface area contributed by atoms with Gasteiger partial charge >= 0.3 is 0 Å². The summed E-state index contributed by atoms with van der Waals surface area (Å²) < 4.78 is 1.07. The van der Waals surface area contributed by atoms with Crippen molar-refractivity contribution in [2.24, 2.45) is 0 Å². The first-order chi connectivity index (χ1) is 9.11. The lowest BCUT2D eigenvalue weighted by molar-refractivity contribution is 0.0958. The number of hydrogen-bond donors (Lipinski definition) is 2. The second-order valence-electron chi connectivity index (χ2n) is 4.28. The summed E-state index contributed by atoms with van der Waals surface area (Å²) >= 11 is 3.06. The Morgan fingerprint density at radius 3 is 2.57 bits per heavy atom. The van der Waals surface area contributed by atoms with Gasteiger partial charge in [-0.15, -0.1) is 36.2 Å². The van der Waals surface area contributed by atoms with E-state index in [-0.39, 0.29) is 30.7 Å². The van der Waals surface area contributed by atoms with Crippen LogP contribution >= 0.6 is 47.5 Å². The fraction of sp³-hybridized carbons (Fsp3) is 0.500. The van der Waals surface area contributed by atoms with Crippen molar-refractivity contribution in [1.82, 2.24) is 15.6 Å². The monoisotopic (exact) mass is 370 g/mol. The molecule has 21 heavy (non-hydrogen) atoms. The molecular weight excluding hydrogens is 351 g/mol. The molecule has 5 nitrogen and oxygen atoms in total.